The van der Waals surface area contributed by atoms with Crippen LogP contribution in [0.25, 0.3) is 0 Å². The monoisotopic (exact) mass is 157 g/mol. The summed E-state index contributed by atoms with van der Waals surface area (Å²) in [5.74, 6) is 0.667. The van der Waals surface area contributed by atoms with E-state index in [4.69, 9.17) is 5.26 Å². The molecule has 1 heterocycles. The molecule has 0 bridgehead atoms. The van der Waals surface area contributed by atoms with Crippen molar-refractivity contribution in [1.82, 2.24) is 0 Å². The second-order valence-corrected chi connectivity index (χ2v) is 3.14. The summed E-state index contributed by atoms with van der Waals surface area (Å²) in [4.78, 5) is 10.9. The van der Waals surface area contributed by atoms with Crippen LogP contribution in [0.4, 0.5) is 0 Å². The Balaban J connectivity index is 2.28. The summed E-state index contributed by atoms with van der Waals surface area (Å²) in [6, 6.07) is 0.102. The highest BCUT2D eigenvalue weighted by Gasteiger charge is 2.31. The van der Waals surface area contributed by atoms with Gasteiger partial charge in [-0.25, -0.2) is 0 Å². The van der Waals surface area contributed by atoms with Crippen molar-refractivity contribution in [3.8, 4) is 5.40 Å². The number of thiocyanates is 1. The molecule has 1 unspecified atom stereocenters. The molecule has 3 nitrogen and oxygen atoms in total. The molecule has 4 heteroatoms. The zero-order valence-corrected chi connectivity index (χ0v) is 6.43. The number of hydrogen-bond donors (Lipinski definition) is 0. The van der Waals surface area contributed by atoms with Crippen molar-refractivity contribution in [1.29, 1.82) is 5.26 Å². The SMILES string of the molecule is N#CSCC1CCC[N+]1=O. The molecule has 1 fully saturated rings. The molecule has 0 saturated carbocycles. The third-order valence-electron chi connectivity index (χ3n) is 1.66. The van der Waals surface area contributed by atoms with Gasteiger partial charge in [-0.3, -0.25) is 0 Å². The Morgan fingerprint density at radius 3 is 3.10 bits per heavy atom. The molecule has 0 spiro atoms. The number of nitroso groups, excluding NO2 is 1. The van der Waals surface area contributed by atoms with E-state index in [0.717, 1.165) is 17.6 Å². The van der Waals surface area contributed by atoms with Crippen LogP contribution in [0.5, 0.6) is 0 Å². The van der Waals surface area contributed by atoms with E-state index in [9.17, 15) is 4.91 Å². The predicted octanol–water partition coefficient (Wildman–Crippen LogP) is 1.14. The maximum Gasteiger partial charge on any atom is 0.211 e. The standard InChI is InChI=1S/C6H9N2OS/c7-5-10-4-6-2-1-3-8(6)9/h6H,1-4H2/q+1. The van der Waals surface area contributed by atoms with E-state index in [2.05, 4.69) is 0 Å². The summed E-state index contributed by atoms with van der Waals surface area (Å²) < 4.78 is 1.09. The second kappa shape index (κ2) is 3.57. The van der Waals surface area contributed by atoms with Gasteiger partial charge in [0.2, 0.25) is 6.04 Å². The number of hydrogen-bond acceptors (Lipinski definition) is 3. The van der Waals surface area contributed by atoms with Crippen molar-refractivity contribution < 1.29 is 4.76 Å². The van der Waals surface area contributed by atoms with Crippen molar-refractivity contribution in [3.63, 3.8) is 0 Å². The van der Waals surface area contributed by atoms with Gasteiger partial charge in [-0.15, -0.1) is 0 Å². The topological polar surface area (TPSA) is 43.9 Å². The lowest BCUT2D eigenvalue weighted by Crippen LogP contribution is -2.18. The van der Waals surface area contributed by atoms with Crippen LogP contribution >= 0.6 is 11.8 Å². The average molecular weight is 157 g/mol. The molecule has 54 valence electrons. The maximum atomic E-state index is 10.9. The first-order valence-electron chi connectivity index (χ1n) is 3.29. The van der Waals surface area contributed by atoms with E-state index >= 15 is 0 Å². The van der Waals surface area contributed by atoms with Gasteiger partial charge in [-0.05, 0) is 11.8 Å². The van der Waals surface area contributed by atoms with Gasteiger partial charge in [0.15, 0.2) is 6.54 Å². The Morgan fingerprint density at radius 2 is 2.60 bits per heavy atom. The third kappa shape index (κ3) is 1.71. The van der Waals surface area contributed by atoms with E-state index in [0.29, 0.717) is 12.3 Å². The normalized spacial score (nSPS) is 24.7. The smallest absolute Gasteiger partial charge is 0.185 e. The van der Waals surface area contributed by atoms with Crippen LogP contribution in [0.3, 0.4) is 0 Å². The van der Waals surface area contributed by atoms with Gasteiger partial charge in [-0.2, -0.15) is 5.26 Å². The zero-order valence-electron chi connectivity index (χ0n) is 5.62. The number of nitrogens with zero attached hydrogens (tertiary/aromatic N) is 2. The summed E-state index contributed by atoms with van der Waals surface area (Å²) in [6.45, 7) is 0.649. The lowest BCUT2D eigenvalue weighted by atomic mass is 10.3. The number of rotatable bonds is 2. The molecule has 0 radical (unpaired) electrons. The molecule has 1 aliphatic heterocycles. The molecule has 1 saturated heterocycles. The van der Waals surface area contributed by atoms with E-state index in [1.807, 2.05) is 5.40 Å². The zero-order chi connectivity index (χ0) is 7.40. The van der Waals surface area contributed by atoms with Crippen molar-refractivity contribution in [2.24, 2.45) is 0 Å². The second-order valence-electron chi connectivity index (χ2n) is 2.34. The Hall–Kier alpha value is -0.560. The molecule has 10 heavy (non-hydrogen) atoms. The molecule has 0 amide bonds. The third-order valence-corrected chi connectivity index (χ3v) is 2.34. The molecule has 0 aliphatic carbocycles. The van der Waals surface area contributed by atoms with Gasteiger partial charge in [0.05, 0.1) is 5.75 Å². The van der Waals surface area contributed by atoms with Crippen LogP contribution in [-0.2, 0) is 0 Å². The minimum atomic E-state index is 0.102. The van der Waals surface area contributed by atoms with Crippen LogP contribution < -0.4 is 0 Å². The summed E-state index contributed by atoms with van der Waals surface area (Å²) in [7, 11) is 0. The Morgan fingerprint density at radius 1 is 1.80 bits per heavy atom. The number of nitriles is 1. The first kappa shape index (κ1) is 7.55. The van der Waals surface area contributed by atoms with Crippen molar-refractivity contribution in [2.75, 3.05) is 12.3 Å². The Labute approximate surface area is 64.0 Å². The highest BCUT2D eigenvalue weighted by molar-refractivity contribution is 8.03. The number of thioether (sulfide) groups is 1. The fraction of sp³-hybridized carbons (Fsp3) is 0.833. The van der Waals surface area contributed by atoms with Crippen LogP contribution in [-0.4, -0.2) is 23.1 Å². The molecule has 0 aromatic heterocycles. The molecule has 1 rings (SSSR count). The Kier molecular flexibility index (Phi) is 2.69. The molecule has 0 N–H and O–H groups in total. The molecule has 1 aliphatic rings. The van der Waals surface area contributed by atoms with Gasteiger partial charge in [0.1, 0.15) is 5.40 Å². The largest absolute Gasteiger partial charge is 0.211 e. The van der Waals surface area contributed by atoms with Gasteiger partial charge < -0.3 is 0 Å². The van der Waals surface area contributed by atoms with Gasteiger partial charge in [0, 0.05) is 22.5 Å². The van der Waals surface area contributed by atoms with Gasteiger partial charge >= 0.3 is 0 Å². The average Bonchev–Trinajstić information content (AvgIpc) is 2.31. The van der Waals surface area contributed by atoms with E-state index in [1.54, 1.807) is 0 Å². The maximum absolute atomic E-state index is 10.9. The first-order chi connectivity index (χ1) is 4.84. The van der Waals surface area contributed by atoms with Crippen LogP contribution in [0.15, 0.2) is 0 Å². The molecule has 1 atom stereocenters. The minimum absolute atomic E-state index is 0.102. The summed E-state index contributed by atoms with van der Waals surface area (Å²) in [5, 5.41) is 10.2. The molecular formula is C6H9N2OS+. The van der Waals surface area contributed by atoms with Crippen molar-refractivity contribution in [3.05, 3.63) is 4.91 Å². The van der Waals surface area contributed by atoms with Crippen molar-refractivity contribution >= 4 is 11.8 Å². The van der Waals surface area contributed by atoms with Gasteiger partial charge in [0.25, 0.3) is 0 Å². The molecule has 0 aromatic carbocycles. The lowest BCUT2D eigenvalue weighted by Gasteiger charge is -1.93. The highest BCUT2D eigenvalue weighted by atomic mass is 32.2. The summed E-state index contributed by atoms with van der Waals surface area (Å²) >= 11 is 1.17. The van der Waals surface area contributed by atoms with E-state index in [1.165, 1.54) is 11.8 Å². The van der Waals surface area contributed by atoms with E-state index in [-0.39, 0.29) is 6.04 Å². The highest BCUT2D eigenvalue weighted by Crippen LogP contribution is 2.15. The summed E-state index contributed by atoms with van der Waals surface area (Å²) in [6.07, 6.45) is 1.94. The van der Waals surface area contributed by atoms with Crippen LogP contribution in [0, 0.1) is 15.6 Å². The first-order valence-corrected chi connectivity index (χ1v) is 4.28. The fourth-order valence-corrected chi connectivity index (χ4v) is 1.71. The Bertz CT molecular complexity index is 175. The van der Waals surface area contributed by atoms with E-state index < -0.39 is 0 Å². The van der Waals surface area contributed by atoms with Crippen molar-refractivity contribution in [2.45, 2.75) is 18.9 Å². The fourth-order valence-electron chi connectivity index (χ4n) is 1.11. The van der Waals surface area contributed by atoms with Crippen LogP contribution in [0.2, 0.25) is 0 Å². The quantitative estimate of drug-likeness (QED) is 0.446. The molecular weight excluding hydrogens is 148 g/mol. The summed E-state index contributed by atoms with van der Waals surface area (Å²) in [5.41, 5.74) is 0. The lowest BCUT2D eigenvalue weighted by molar-refractivity contribution is -0.559. The van der Waals surface area contributed by atoms with Crippen LogP contribution in [0.1, 0.15) is 12.8 Å². The minimum Gasteiger partial charge on any atom is -0.185 e. The molecule has 0 aromatic rings. The van der Waals surface area contributed by atoms with Gasteiger partial charge in [-0.1, -0.05) is 0 Å². The predicted molar refractivity (Wildman–Crippen MR) is 39.6 cm³/mol.